The molecule has 1 aromatic rings. The Morgan fingerprint density at radius 3 is 2.25 bits per heavy atom. The molecule has 1 amide bonds. The number of sulfonamides is 1. The van der Waals surface area contributed by atoms with Crippen LogP contribution in [0.3, 0.4) is 0 Å². The topological polar surface area (TPSA) is 109 Å². The largest absolute Gasteiger partial charge is 0.394 e. The van der Waals surface area contributed by atoms with E-state index in [0.717, 1.165) is 12.8 Å². The Hall–Kier alpha value is -1.44. The van der Waals surface area contributed by atoms with E-state index in [1.54, 1.807) is 0 Å². The quantitative estimate of drug-likeness (QED) is 0.729. The second-order valence-electron chi connectivity index (χ2n) is 5.14. The molecule has 0 aliphatic heterocycles. The number of aliphatic hydroxyl groups excluding tert-OH is 1. The maximum Gasteiger partial charge on any atom is 0.248 e. The zero-order valence-electron chi connectivity index (χ0n) is 11.0. The number of hydrogen-bond donors (Lipinski definition) is 3. The van der Waals surface area contributed by atoms with Crippen LogP contribution in [0.2, 0.25) is 0 Å². The minimum absolute atomic E-state index is 0.0576. The van der Waals surface area contributed by atoms with Gasteiger partial charge in [0.25, 0.3) is 0 Å². The Kier molecular flexibility index (Phi) is 4.12. The van der Waals surface area contributed by atoms with Gasteiger partial charge in [-0.15, -0.1) is 0 Å². The van der Waals surface area contributed by atoms with Gasteiger partial charge in [0.2, 0.25) is 15.9 Å². The third-order valence-corrected chi connectivity index (χ3v) is 5.26. The van der Waals surface area contributed by atoms with Gasteiger partial charge in [-0.05, 0) is 37.1 Å². The lowest BCUT2D eigenvalue weighted by molar-refractivity contribution is 0.1000. The fourth-order valence-electron chi connectivity index (χ4n) is 2.49. The van der Waals surface area contributed by atoms with Crippen molar-refractivity contribution in [2.45, 2.75) is 36.1 Å². The van der Waals surface area contributed by atoms with Gasteiger partial charge in [0, 0.05) is 5.56 Å². The van der Waals surface area contributed by atoms with Gasteiger partial charge in [-0.3, -0.25) is 4.79 Å². The number of hydrogen-bond acceptors (Lipinski definition) is 4. The molecule has 4 N–H and O–H groups in total. The Morgan fingerprint density at radius 1 is 1.25 bits per heavy atom. The van der Waals surface area contributed by atoms with Gasteiger partial charge < -0.3 is 10.8 Å². The molecule has 7 heteroatoms. The highest BCUT2D eigenvalue weighted by molar-refractivity contribution is 7.89. The van der Waals surface area contributed by atoms with Crippen LogP contribution in [-0.2, 0) is 10.0 Å². The summed E-state index contributed by atoms with van der Waals surface area (Å²) in [5.74, 6) is -0.607. The fraction of sp³-hybridized carbons (Fsp3) is 0.462. The summed E-state index contributed by atoms with van der Waals surface area (Å²) in [7, 11) is -3.72. The van der Waals surface area contributed by atoms with E-state index >= 15 is 0 Å². The molecule has 0 unspecified atom stereocenters. The Labute approximate surface area is 118 Å². The Morgan fingerprint density at radius 2 is 1.80 bits per heavy atom. The lowest BCUT2D eigenvalue weighted by Crippen LogP contribution is -2.49. The van der Waals surface area contributed by atoms with Gasteiger partial charge in [-0.1, -0.05) is 12.8 Å². The summed E-state index contributed by atoms with van der Waals surface area (Å²) in [5.41, 5.74) is 4.60. The van der Waals surface area contributed by atoms with Crippen molar-refractivity contribution in [1.29, 1.82) is 0 Å². The lowest BCUT2D eigenvalue weighted by Gasteiger charge is -2.27. The number of primary amides is 1. The first kappa shape index (κ1) is 15.0. The van der Waals surface area contributed by atoms with Gasteiger partial charge in [-0.2, -0.15) is 0 Å². The van der Waals surface area contributed by atoms with E-state index in [1.165, 1.54) is 24.3 Å². The summed E-state index contributed by atoms with van der Waals surface area (Å²) >= 11 is 0. The first-order valence-corrected chi connectivity index (χ1v) is 7.92. The summed E-state index contributed by atoms with van der Waals surface area (Å²) < 4.78 is 27.2. The molecule has 0 atom stereocenters. The lowest BCUT2D eigenvalue weighted by atomic mass is 10.0. The molecule has 2 rings (SSSR count). The molecule has 0 bridgehead atoms. The van der Waals surface area contributed by atoms with Gasteiger partial charge >= 0.3 is 0 Å². The second kappa shape index (κ2) is 5.51. The molecule has 0 heterocycles. The zero-order valence-corrected chi connectivity index (χ0v) is 11.8. The zero-order chi connectivity index (χ0) is 14.8. The molecule has 1 aromatic carbocycles. The van der Waals surface area contributed by atoms with Gasteiger partial charge in [0.1, 0.15) is 0 Å². The first-order chi connectivity index (χ1) is 9.38. The normalized spacial score (nSPS) is 18.1. The molecule has 1 saturated carbocycles. The predicted molar refractivity (Wildman–Crippen MR) is 73.6 cm³/mol. The van der Waals surface area contributed by atoms with Crippen molar-refractivity contribution in [3.63, 3.8) is 0 Å². The highest BCUT2D eigenvalue weighted by Gasteiger charge is 2.37. The van der Waals surface area contributed by atoms with Crippen LogP contribution in [0.15, 0.2) is 29.2 Å². The summed E-state index contributed by atoms with van der Waals surface area (Å²) in [5, 5.41) is 9.46. The van der Waals surface area contributed by atoms with Crippen molar-refractivity contribution in [3.8, 4) is 0 Å². The number of amides is 1. The fourth-order valence-corrected chi connectivity index (χ4v) is 3.94. The van der Waals surface area contributed by atoms with E-state index in [-0.39, 0.29) is 17.1 Å². The summed E-state index contributed by atoms with van der Waals surface area (Å²) in [4.78, 5) is 11.0. The minimum atomic E-state index is -3.72. The van der Waals surface area contributed by atoms with Crippen LogP contribution in [0.5, 0.6) is 0 Å². The van der Waals surface area contributed by atoms with Crippen LogP contribution in [0.25, 0.3) is 0 Å². The van der Waals surface area contributed by atoms with Gasteiger partial charge in [0.15, 0.2) is 0 Å². The maximum atomic E-state index is 12.3. The first-order valence-electron chi connectivity index (χ1n) is 6.43. The molecular weight excluding hydrogens is 280 g/mol. The summed E-state index contributed by atoms with van der Waals surface area (Å²) in [6, 6.07) is 5.42. The monoisotopic (exact) mass is 298 g/mol. The molecule has 110 valence electrons. The molecule has 0 aromatic heterocycles. The third-order valence-electron chi connectivity index (χ3n) is 3.66. The van der Waals surface area contributed by atoms with Gasteiger partial charge in [-0.25, -0.2) is 13.1 Å². The molecular formula is C13H18N2O4S. The molecule has 1 aliphatic rings. The Balaban J connectivity index is 2.23. The average molecular weight is 298 g/mol. The number of aliphatic hydroxyl groups is 1. The third kappa shape index (κ3) is 3.00. The number of carbonyl (C=O) groups is 1. The van der Waals surface area contributed by atoms with Crippen LogP contribution in [0.1, 0.15) is 36.0 Å². The molecule has 0 spiro atoms. The molecule has 0 radical (unpaired) electrons. The van der Waals surface area contributed by atoms with Crippen molar-refractivity contribution in [1.82, 2.24) is 4.72 Å². The molecule has 6 nitrogen and oxygen atoms in total. The van der Waals surface area contributed by atoms with Crippen molar-refractivity contribution in [2.24, 2.45) is 5.73 Å². The number of nitrogens with two attached hydrogens (primary N) is 1. The van der Waals surface area contributed by atoms with Crippen molar-refractivity contribution in [2.75, 3.05) is 6.61 Å². The molecule has 1 aliphatic carbocycles. The summed E-state index contributed by atoms with van der Waals surface area (Å²) in [6.45, 7) is -0.217. The van der Waals surface area contributed by atoms with E-state index in [1.807, 2.05) is 0 Å². The van der Waals surface area contributed by atoms with E-state index in [2.05, 4.69) is 4.72 Å². The van der Waals surface area contributed by atoms with Crippen molar-refractivity contribution < 1.29 is 18.3 Å². The minimum Gasteiger partial charge on any atom is -0.394 e. The number of carbonyl (C=O) groups excluding carboxylic acids is 1. The standard InChI is InChI=1S/C13H18N2O4S/c14-12(17)10-3-5-11(6-4-10)20(18,19)15-13(9-16)7-1-2-8-13/h3-6,15-16H,1-2,7-9H2,(H2,14,17). The summed E-state index contributed by atoms with van der Waals surface area (Å²) in [6.07, 6.45) is 3.04. The molecule has 20 heavy (non-hydrogen) atoms. The van der Waals surface area contributed by atoms with Crippen LogP contribution >= 0.6 is 0 Å². The highest BCUT2D eigenvalue weighted by Crippen LogP contribution is 2.30. The predicted octanol–water partition coefficient (Wildman–Crippen LogP) is 0.369. The highest BCUT2D eigenvalue weighted by atomic mass is 32.2. The average Bonchev–Trinajstić information content (AvgIpc) is 2.87. The number of nitrogens with one attached hydrogen (secondary N) is 1. The van der Waals surface area contributed by atoms with Gasteiger partial charge in [0.05, 0.1) is 17.0 Å². The molecule has 0 saturated heterocycles. The van der Waals surface area contributed by atoms with Crippen LogP contribution in [0, 0.1) is 0 Å². The van der Waals surface area contributed by atoms with Crippen molar-refractivity contribution in [3.05, 3.63) is 29.8 Å². The number of rotatable bonds is 5. The van der Waals surface area contributed by atoms with Crippen LogP contribution in [-0.4, -0.2) is 31.6 Å². The van der Waals surface area contributed by atoms with E-state index in [0.29, 0.717) is 12.8 Å². The van der Waals surface area contributed by atoms with E-state index < -0.39 is 21.5 Å². The van der Waals surface area contributed by atoms with Crippen LogP contribution in [0.4, 0.5) is 0 Å². The Bertz CT molecular complexity index is 589. The van der Waals surface area contributed by atoms with E-state index in [4.69, 9.17) is 5.73 Å². The number of benzene rings is 1. The second-order valence-corrected chi connectivity index (χ2v) is 6.82. The SMILES string of the molecule is NC(=O)c1ccc(S(=O)(=O)NC2(CO)CCCC2)cc1. The van der Waals surface area contributed by atoms with E-state index in [9.17, 15) is 18.3 Å². The van der Waals surface area contributed by atoms with Crippen LogP contribution < -0.4 is 10.5 Å². The maximum absolute atomic E-state index is 12.3. The van der Waals surface area contributed by atoms with Crippen molar-refractivity contribution >= 4 is 15.9 Å². The smallest absolute Gasteiger partial charge is 0.248 e. The molecule has 1 fully saturated rings.